The van der Waals surface area contributed by atoms with E-state index in [1.54, 1.807) is 31.5 Å². The molecule has 0 radical (unpaired) electrons. The third-order valence-corrected chi connectivity index (χ3v) is 3.77. The zero-order valence-corrected chi connectivity index (χ0v) is 13.2. The van der Waals surface area contributed by atoms with Gasteiger partial charge in [-0.25, -0.2) is 13.6 Å². The summed E-state index contributed by atoms with van der Waals surface area (Å²) < 4.78 is 34.7. The molecule has 0 spiro atoms. The van der Waals surface area contributed by atoms with Gasteiger partial charge in [0.15, 0.2) is 11.6 Å². The Labute approximate surface area is 132 Å². The number of carbonyl (C=O) groups excluding carboxylic acids is 1. The smallest absolute Gasteiger partial charge is 0.408 e. The molecule has 2 aromatic rings. The van der Waals surface area contributed by atoms with Crippen molar-refractivity contribution in [1.82, 2.24) is 9.88 Å². The fraction of sp³-hybridized carbons (Fsp3) is 0.353. The van der Waals surface area contributed by atoms with E-state index in [9.17, 15) is 13.6 Å². The fourth-order valence-electron chi connectivity index (χ4n) is 2.81. The fourth-order valence-corrected chi connectivity index (χ4v) is 2.81. The van der Waals surface area contributed by atoms with Crippen LogP contribution < -0.4 is 5.32 Å². The Morgan fingerprint density at radius 3 is 2.78 bits per heavy atom. The minimum absolute atomic E-state index is 0.219. The van der Waals surface area contributed by atoms with Crippen molar-refractivity contribution in [2.24, 2.45) is 0 Å². The number of benzene rings is 1. The van der Waals surface area contributed by atoms with Gasteiger partial charge < -0.3 is 14.6 Å². The van der Waals surface area contributed by atoms with Crippen LogP contribution in [0.3, 0.4) is 0 Å². The molecule has 0 saturated heterocycles. The minimum Gasteiger partial charge on any atom is -0.444 e. The van der Waals surface area contributed by atoms with Crippen molar-refractivity contribution in [1.29, 1.82) is 0 Å². The average molecular weight is 320 g/mol. The highest BCUT2D eigenvalue weighted by Crippen LogP contribution is 2.35. The number of alkyl carbamates (subject to hydrolysis) is 1. The SMILES string of the molecule is C=C1c2cc(F)c(F)c3ccn(c23)C[C@H]1NC(=O)OC(C)(C)C. The quantitative estimate of drug-likeness (QED) is 0.867. The molecule has 1 aliphatic heterocycles. The van der Waals surface area contributed by atoms with Crippen molar-refractivity contribution >= 4 is 22.6 Å². The Balaban J connectivity index is 1.93. The standard InChI is InChI=1S/C17H18F2N2O2/c1-9-11-7-12(18)14(19)10-5-6-21(15(10)11)8-13(9)20-16(22)23-17(2,3)4/h5-7,13H,1,8H2,2-4H3,(H,20,22)/t13-/m1/s1. The maximum atomic E-state index is 13.9. The van der Waals surface area contributed by atoms with Crippen molar-refractivity contribution < 1.29 is 18.3 Å². The molecule has 6 heteroatoms. The molecule has 122 valence electrons. The number of carbonyl (C=O) groups is 1. The third-order valence-electron chi connectivity index (χ3n) is 3.77. The lowest BCUT2D eigenvalue weighted by atomic mass is 9.94. The first-order valence-corrected chi connectivity index (χ1v) is 7.33. The van der Waals surface area contributed by atoms with Crippen LogP contribution in [0.1, 0.15) is 26.3 Å². The summed E-state index contributed by atoms with van der Waals surface area (Å²) in [6, 6.07) is 2.21. The first kappa shape index (κ1) is 15.5. The summed E-state index contributed by atoms with van der Waals surface area (Å²) in [5.74, 6) is -1.79. The number of nitrogens with one attached hydrogen (secondary N) is 1. The third kappa shape index (κ3) is 2.69. The van der Waals surface area contributed by atoms with Crippen LogP contribution in [0.2, 0.25) is 0 Å². The number of nitrogens with zero attached hydrogens (tertiary/aromatic N) is 1. The normalized spacial score (nSPS) is 17.4. The first-order valence-electron chi connectivity index (χ1n) is 7.33. The van der Waals surface area contributed by atoms with Crippen molar-refractivity contribution in [2.75, 3.05) is 0 Å². The van der Waals surface area contributed by atoms with Gasteiger partial charge in [-0.3, -0.25) is 0 Å². The van der Waals surface area contributed by atoms with Crippen LogP contribution in [0.4, 0.5) is 13.6 Å². The van der Waals surface area contributed by atoms with Crippen molar-refractivity contribution in [3.05, 3.63) is 42.1 Å². The molecular formula is C17H18F2N2O2. The zero-order chi connectivity index (χ0) is 16.9. The molecule has 3 rings (SSSR count). The number of halogens is 2. The monoisotopic (exact) mass is 320 g/mol. The number of ether oxygens (including phenoxy) is 1. The molecule has 1 amide bonds. The molecule has 1 N–H and O–H groups in total. The van der Waals surface area contributed by atoms with E-state index in [-0.39, 0.29) is 5.39 Å². The summed E-state index contributed by atoms with van der Waals surface area (Å²) in [4.78, 5) is 12.0. The Morgan fingerprint density at radius 1 is 1.43 bits per heavy atom. The topological polar surface area (TPSA) is 43.3 Å². The molecule has 23 heavy (non-hydrogen) atoms. The van der Waals surface area contributed by atoms with E-state index >= 15 is 0 Å². The number of aromatic nitrogens is 1. The lowest BCUT2D eigenvalue weighted by Crippen LogP contribution is -2.43. The van der Waals surface area contributed by atoms with Gasteiger partial charge in [0, 0.05) is 23.7 Å². The number of hydrogen-bond acceptors (Lipinski definition) is 2. The van der Waals surface area contributed by atoms with Gasteiger partial charge >= 0.3 is 6.09 Å². The summed E-state index contributed by atoms with van der Waals surface area (Å²) in [6.45, 7) is 9.64. The molecule has 1 aromatic heterocycles. The molecule has 4 nitrogen and oxygen atoms in total. The van der Waals surface area contributed by atoms with E-state index in [0.29, 0.717) is 23.2 Å². The number of rotatable bonds is 1. The van der Waals surface area contributed by atoms with Gasteiger partial charge in [0.1, 0.15) is 5.60 Å². The van der Waals surface area contributed by atoms with Crippen LogP contribution in [-0.2, 0) is 11.3 Å². The highest BCUT2D eigenvalue weighted by Gasteiger charge is 2.29. The first-order chi connectivity index (χ1) is 10.7. The molecule has 0 aliphatic carbocycles. The van der Waals surface area contributed by atoms with Crippen molar-refractivity contribution in [2.45, 2.75) is 39.0 Å². The zero-order valence-electron chi connectivity index (χ0n) is 13.2. The predicted octanol–water partition coefficient (Wildman–Crippen LogP) is 3.84. The van der Waals surface area contributed by atoms with Gasteiger partial charge in [0.05, 0.1) is 11.6 Å². The maximum absolute atomic E-state index is 13.9. The summed E-state index contributed by atoms with van der Waals surface area (Å²) >= 11 is 0. The second-order valence-electron chi connectivity index (χ2n) is 6.67. The predicted molar refractivity (Wildman–Crippen MR) is 84.0 cm³/mol. The van der Waals surface area contributed by atoms with Gasteiger partial charge in [-0.1, -0.05) is 6.58 Å². The Bertz CT molecular complexity index is 818. The lowest BCUT2D eigenvalue weighted by molar-refractivity contribution is 0.0512. The maximum Gasteiger partial charge on any atom is 0.408 e. The van der Waals surface area contributed by atoms with E-state index in [1.807, 2.05) is 0 Å². The van der Waals surface area contributed by atoms with Gasteiger partial charge in [-0.15, -0.1) is 0 Å². The molecule has 2 heterocycles. The molecule has 1 aromatic carbocycles. The van der Waals surface area contributed by atoms with E-state index in [1.165, 1.54) is 6.07 Å². The Hall–Kier alpha value is -2.37. The van der Waals surface area contributed by atoms with E-state index < -0.39 is 29.4 Å². The van der Waals surface area contributed by atoms with Crippen LogP contribution in [-0.4, -0.2) is 22.3 Å². The highest BCUT2D eigenvalue weighted by molar-refractivity contribution is 5.95. The summed E-state index contributed by atoms with van der Waals surface area (Å²) in [7, 11) is 0. The highest BCUT2D eigenvalue weighted by atomic mass is 19.2. The minimum atomic E-state index is -0.927. The van der Waals surface area contributed by atoms with E-state index in [2.05, 4.69) is 11.9 Å². The van der Waals surface area contributed by atoms with Crippen molar-refractivity contribution in [3.63, 3.8) is 0 Å². The number of hydrogen-bond donors (Lipinski definition) is 1. The van der Waals surface area contributed by atoms with E-state index in [0.717, 1.165) is 6.07 Å². The largest absolute Gasteiger partial charge is 0.444 e. The van der Waals surface area contributed by atoms with Crippen LogP contribution in [0.15, 0.2) is 24.9 Å². The Kier molecular flexibility index (Phi) is 3.43. The van der Waals surface area contributed by atoms with Crippen LogP contribution in [0.25, 0.3) is 16.5 Å². The molecule has 1 atom stereocenters. The number of amides is 1. The van der Waals surface area contributed by atoms with Gasteiger partial charge in [0.25, 0.3) is 0 Å². The molecule has 0 fully saturated rings. The van der Waals surface area contributed by atoms with E-state index in [4.69, 9.17) is 4.74 Å². The second-order valence-corrected chi connectivity index (χ2v) is 6.67. The van der Waals surface area contributed by atoms with Crippen LogP contribution >= 0.6 is 0 Å². The average Bonchev–Trinajstić information content (AvgIpc) is 2.83. The Morgan fingerprint density at radius 2 is 2.13 bits per heavy atom. The summed E-state index contributed by atoms with van der Waals surface area (Å²) in [5, 5.41) is 2.95. The molecule has 0 unspecified atom stereocenters. The second kappa shape index (κ2) is 5.08. The molecule has 1 aliphatic rings. The summed E-state index contributed by atoms with van der Waals surface area (Å²) in [5.41, 5.74) is 1.01. The summed E-state index contributed by atoms with van der Waals surface area (Å²) in [6.07, 6.45) is 1.10. The molecule has 0 bridgehead atoms. The van der Waals surface area contributed by atoms with Gasteiger partial charge in [-0.05, 0) is 38.5 Å². The molecule has 0 saturated carbocycles. The van der Waals surface area contributed by atoms with Gasteiger partial charge in [-0.2, -0.15) is 0 Å². The lowest BCUT2D eigenvalue weighted by Gasteiger charge is -2.29. The van der Waals surface area contributed by atoms with Gasteiger partial charge in [0.2, 0.25) is 0 Å². The van der Waals surface area contributed by atoms with Crippen LogP contribution in [0.5, 0.6) is 0 Å². The van der Waals surface area contributed by atoms with Crippen molar-refractivity contribution in [3.8, 4) is 0 Å². The molecular weight excluding hydrogens is 302 g/mol. The van der Waals surface area contributed by atoms with Crippen LogP contribution in [0, 0.1) is 11.6 Å².